The SMILES string of the molecule is CN1/C(=C/C(=O)C(=O)c2ccccc2)Sc2ccccc21. The summed E-state index contributed by atoms with van der Waals surface area (Å²) >= 11 is 1.50. The number of carbonyl (C=O) groups excluding carboxylic acids is 2. The summed E-state index contributed by atoms with van der Waals surface area (Å²) in [5, 5.41) is 0.769. The van der Waals surface area contributed by atoms with Crippen LogP contribution in [0.1, 0.15) is 10.4 Å². The molecule has 2 aromatic carbocycles. The first-order chi connectivity index (χ1) is 10.2. The van der Waals surface area contributed by atoms with Crippen molar-refractivity contribution in [2.24, 2.45) is 0 Å². The van der Waals surface area contributed by atoms with Crippen molar-refractivity contribution in [1.82, 2.24) is 0 Å². The number of nitrogens with zero attached hydrogens (tertiary/aromatic N) is 1. The molecule has 0 amide bonds. The molecule has 0 spiro atoms. The summed E-state index contributed by atoms with van der Waals surface area (Å²) in [6.45, 7) is 0. The third-order valence-electron chi connectivity index (χ3n) is 3.29. The summed E-state index contributed by atoms with van der Waals surface area (Å²) in [5.41, 5.74) is 1.47. The number of Topliss-reactive ketones (excluding diaryl/α,β-unsaturated/α-hetero) is 1. The summed E-state index contributed by atoms with van der Waals surface area (Å²) in [6.07, 6.45) is 1.42. The molecule has 0 atom stereocenters. The Labute approximate surface area is 127 Å². The fourth-order valence-corrected chi connectivity index (χ4v) is 3.24. The molecule has 3 rings (SSSR count). The van der Waals surface area contributed by atoms with E-state index >= 15 is 0 Å². The molecule has 1 aliphatic rings. The van der Waals surface area contributed by atoms with Gasteiger partial charge in [-0.05, 0) is 12.1 Å². The molecule has 0 N–H and O–H groups in total. The number of fused-ring (bicyclic) bond motifs is 1. The van der Waals surface area contributed by atoms with E-state index in [4.69, 9.17) is 0 Å². The smallest absolute Gasteiger partial charge is 0.232 e. The summed E-state index contributed by atoms with van der Waals surface area (Å²) in [7, 11) is 1.89. The van der Waals surface area contributed by atoms with Crippen molar-refractivity contribution in [1.29, 1.82) is 0 Å². The monoisotopic (exact) mass is 295 g/mol. The fraction of sp³-hybridized carbons (Fsp3) is 0.0588. The molecule has 3 nitrogen and oxygen atoms in total. The fourth-order valence-electron chi connectivity index (χ4n) is 2.16. The van der Waals surface area contributed by atoms with Gasteiger partial charge >= 0.3 is 0 Å². The lowest BCUT2D eigenvalue weighted by Crippen LogP contribution is -2.16. The van der Waals surface area contributed by atoms with Crippen LogP contribution in [0.4, 0.5) is 5.69 Å². The van der Waals surface area contributed by atoms with Crippen molar-refractivity contribution in [2.45, 2.75) is 4.90 Å². The van der Waals surface area contributed by atoms with Gasteiger partial charge in [0.25, 0.3) is 0 Å². The third-order valence-corrected chi connectivity index (χ3v) is 4.45. The van der Waals surface area contributed by atoms with E-state index in [-0.39, 0.29) is 0 Å². The number of carbonyl (C=O) groups is 2. The van der Waals surface area contributed by atoms with E-state index < -0.39 is 11.6 Å². The molecule has 21 heavy (non-hydrogen) atoms. The van der Waals surface area contributed by atoms with Crippen LogP contribution in [0, 0.1) is 0 Å². The van der Waals surface area contributed by atoms with Gasteiger partial charge in [0.2, 0.25) is 11.6 Å². The second kappa shape index (κ2) is 5.58. The van der Waals surface area contributed by atoms with E-state index in [0.717, 1.165) is 15.6 Å². The van der Waals surface area contributed by atoms with Gasteiger partial charge in [0.15, 0.2) is 0 Å². The maximum Gasteiger partial charge on any atom is 0.232 e. The highest BCUT2D eigenvalue weighted by atomic mass is 32.2. The minimum atomic E-state index is -0.497. The number of thioether (sulfide) groups is 1. The van der Waals surface area contributed by atoms with Gasteiger partial charge in [-0.1, -0.05) is 54.2 Å². The maximum absolute atomic E-state index is 12.1. The number of ketones is 2. The zero-order valence-electron chi connectivity index (χ0n) is 11.4. The Morgan fingerprint density at radius 3 is 2.38 bits per heavy atom. The zero-order chi connectivity index (χ0) is 14.8. The summed E-state index contributed by atoms with van der Waals surface area (Å²) < 4.78 is 0. The van der Waals surface area contributed by atoms with Crippen LogP contribution in [-0.2, 0) is 4.79 Å². The number of allylic oxidation sites excluding steroid dienone is 1. The average molecular weight is 295 g/mol. The molecular formula is C17H13NO2S. The number of anilines is 1. The van der Waals surface area contributed by atoms with Gasteiger partial charge in [-0.3, -0.25) is 9.59 Å². The Kier molecular flexibility index (Phi) is 3.62. The lowest BCUT2D eigenvalue weighted by molar-refractivity contribution is -0.111. The Bertz CT molecular complexity index is 737. The normalized spacial score (nSPS) is 15.1. The summed E-state index contributed by atoms with van der Waals surface area (Å²) in [5.74, 6) is -0.976. The van der Waals surface area contributed by atoms with Gasteiger partial charge in [-0.25, -0.2) is 0 Å². The van der Waals surface area contributed by atoms with Crippen molar-refractivity contribution in [3.8, 4) is 0 Å². The number of benzene rings is 2. The van der Waals surface area contributed by atoms with Crippen LogP contribution >= 0.6 is 11.8 Å². The van der Waals surface area contributed by atoms with Gasteiger partial charge in [0.05, 0.1) is 10.7 Å². The van der Waals surface area contributed by atoms with Crippen LogP contribution in [0.15, 0.2) is 70.6 Å². The highest BCUT2D eigenvalue weighted by Crippen LogP contribution is 2.44. The highest BCUT2D eigenvalue weighted by molar-refractivity contribution is 8.03. The van der Waals surface area contributed by atoms with Gasteiger partial charge in [-0.15, -0.1) is 0 Å². The first-order valence-electron chi connectivity index (χ1n) is 6.53. The van der Waals surface area contributed by atoms with Gasteiger partial charge in [0.1, 0.15) is 0 Å². The Morgan fingerprint density at radius 2 is 1.67 bits per heavy atom. The molecule has 0 aliphatic carbocycles. The summed E-state index contributed by atoms with van der Waals surface area (Å²) in [6, 6.07) is 16.5. The average Bonchev–Trinajstić information content (AvgIpc) is 2.84. The molecule has 0 fully saturated rings. The topological polar surface area (TPSA) is 37.4 Å². The number of hydrogen-bond donors (Lipinski definition) is 0. The van der Waals surface area contributed by atoms with Crippen molar-refractivity contribution in [3.63, 3.8) is 0 Å². The molecule has 2 aromatic rings. The van der Waals surface area contributed by atoms with E-state index in [1.165, 1.54) is 17.8 Å². The summed E-state index contributed by atoms with van der Waals surface area (Å²) in [4.78, 5) is 27.2. The van der Waals surface area contributed by atoms with Gasteiger partial charge < -0.3 is 4.90 Å². The molecule has 1 heterocycles. The Hall–Kier alpha value is -2.33. The number of rotatable bonds is 3. The molecule has 0 unspecified atom stereocenters. The van der Waals surface area contributed by atoms with E-state index in [2.05, 4.69) is 0 Å². The van der Waals surface area contributed by atoms with E-state index in [9.17, 15) is 9.59 Å². The zero-order valence-corrected chi connectivity index (χ0v) is 12.3. The molecule has 1 aliphatic heterocycles. The lowest BCUT2D eigenvalue weighted by atomic mass is 10.1. The quantitative estimate of drug-likeness (QED) is 0.493. The second-order valence-electron chi connectivity index (χ2n) is 4.67. The van der Waals surface area contributed by atoms with Crippen molar-refractivity contribution < 1.29 is 9.59 Å². The molecule has 0 radical (unpaired) electrons. The van der Waals surface area contributed by atoms with Gasteiger partial charge in [-0.2, -0.15) is 0 Å². The van der Waals surface area contributed by atoms with Crippen LogP contribution in [0.2, 0.25) is 0 Å². The van der Waals surface area contributed by atoms with E-state index in [1.54, 1.807) is 24.3 Å². The Balaban J connectivity index is 1.84. The Morgan fingerprint density at radius 1 is 1.00 bits per heavy atom. The molecule has 0 aromatic heterocycles. The molecule has 0 saturated heterocycles. The molecule has 0 saturated carbocycles. The third kappa shape index (κ3) is 2.62. The standard InChI is InChI=1S/C17H13NO2S/c1-18-13-9-5-6-10-15(13)21-16(18)11-14(19)17(20)12-7-3-2-4-8-12/h2-11H,1H3/b16-11-. The lowest BCUT2D eigenvalue weighted by Gasteiger charge is -2.12. The number of para-hydroxylation sites is 1. The molecule has 104 valence electrons. The molecule has 0 bridgehead atoms. The van der Waals surface area contributed by atoms with Crippen LogP contribution < -0.4 is 4.90 Å². The van der Waals surface area contributed by atoms with Crippen molar-refractivity contribution in [3.05, 3.63) is 71.3 Å². The number of hydrogen-bond acceptors (Lipinski definition) is 4. The van der Waals surface area contributed by atoms with E-state index in [0.29, 0.717) is 5.56 Å². The predicted octanol–water partition coefficient (Wildman–Crippen LogP) is 3.52. The van der Waals surface area contributed by atoms with Crippen molar-refractivity contribution in [2.75, 3.05) is 11.9 Å². The second-order valence-corrected chi connectivity index (χ2v) is 5.73. The van der Waals surface area contributed by atoms with Crippen LogP contribution in [-0.4, -0.2) is 18.6 Å². The predicted molar refractivity (Wildman–Crippen MR) is 84.6 cm³/mol. The first-order valence-corrected chi connectivity index (χ1v) is 7.34. The minimum Gasteiger partial charge on any atom is -0.338 e. The molecular weight excluding hydrogens is 282 g/mol. The van der Waals surface area contributed by atoms with E-state index in [1.807, 2.05) is 42.3 Å². The largest absolute Gasteiger partial charge is 0.338 e. The molecule has 4 heteroatoms. The first kappa shape index (κ1) is 13.6. The van der Waals surface area contributed by atoms with Crippen LogP contribution in [0.25, 0.3) is 0 Å². The minimum absolute atomic E-state index is 0.419. The van der Waals surface area contributed by atoms with Gasteiger partial charge in [0, 0.05) is 23.6 Å². The van der Waals surface area contributed by atoms with Crippen molar-refractivity contribution >= 4 is 29.0 Å². The highest BCUT2D eigenvalue weighted by Gasteiger charge is 2.23. The maximum atomic E-state index is 12.1. The van der Waals surface area contributed by atoms with Crippen LogP contribution in [0.3, 0.4) is 0 Å². The van der Waals surface area contributed by atoms with Crippen LogP contribution in [0.5, 0.6) is 0 Å².